The number of thiophene rings is 1. The Morgan fingerprint density at radius 2 is 2.29 bits per heavy atom. The fourth-order valence-corrected chi connectivity index (χ4v) is 5.75. The molecule has 0 bridgehead atoms. The molecule has 0 radical (unpaired) electrons. The Morgan fingerprint density at radius 3 is 2.92 bits per heavy atom. The van der Waals surface area contributed by atoms with Crippen molar-refractivity contribution in [1.29, 1.82) is 0 Å². The van der Waals surface area contributed by atoms with Crippen molar-refractivity contribution in [2.75, 3.05) is 13.1 Å². The molecular weight excluding hydrogens is 352 g/mol. The Labute approximate surface area is 143 Å². The molecule has 1 aliphatic rings. The number of rotatable bonds is 5. The van der Waals surface area contributed by atoms with Gasteiger partial charge in [0.15, 0.2) is 5.69 Å². The van der Waals surface area contributed by atoms with Crippen LogP contribution in [0.3, 0.4) is 0 Å². The van der Waals surface area contributed by atoms with Crippen molar-refractivity contribution in [2.45, 2.75) is 30.5 Å². The second-order valence-electron chi connectivity index (χ2n) is 5.95. The fourth-order valence-electron chi connectivity index (χ4n) is 2.81. The van der Waals surface area contributed by atoms with Gasteiger partial charge in [0, 0.05) is 19.6 Å². The van der Waals surface area contributed by atoms with Crippen LogP contribution in [0.1, 0.15) is 28.9 Å². The SMILES string of the molecule is Cc1csc(S(=O)(=O)N2CCC[C@H](Cn3cc(C(=O)O)nn3)C2)c1. The molecule has 1 aliphatic heterocycles. The molecule has 1 saturated heterocycles. The Bertz CT molecular complexity index is 843. The molecule has 24 heavy (non-hydrogen) atoms. The first-order valence-electron chi connectivity index (χ1n) is 7.55. The molecule has 0 unspecified atom stereocenters. The van der Waals surface area contributed by atoms with E-state index in [4.69, 9.17) is 5.11 Å². The molecule has 1 fully saturated rings. The summed E-state index contributed by atoms with van der Waals surface area (Å²) in [5.41, 5.74) is 0.834. The van der Waals surface area contributed by atoms with Gasteiger partial charge in [-0.15, -0.1) is 16.4 Å². The van der Waals surface area contributed by atoms with E-state index in [9.17, 15) is 13.2 Å². The lowest BCUT2D eigenvalue weighted by molar-refractivity contribution is 0.0690. The highest BCUT2D eigenvalue weighted by atomic mass is 32.2. The van der Waals surface area contributed by atoms with E-state index in [0.717, 1.165) is 18.4 Å². The number of hydrogen-bond donors (Lipinski definition) is 1. The predicted molar refractivity (Wildman–Crippen MR) is 87.5 cm³/mol. The summed E-state index contributed by atoms with van der Waals surface area (Å²) in [6.45, 7) is 3.24. The minimum Gasteiger partial charge on any atom is -0.476 e. The molecule has 130 valence electrons. The van der Waals surface area contributed by atoms with Crippen LogP contribution in [-0.2, 0) is 16.6 Å². The molecule has 0 saturated carbocycles. The highest BCUT2D eigenvalue weighted by molar-refractivity contribution is 7.91. The van der Waals surface area contributed by atoms with E-state index in [1.807, 2.05) is 12.3 Å². The number of piperidine rings is 1. The monoisotopic (exact) mass is 370 g/mol. The van der Waals surface area contributed by atoms with Gasteiger partial charge in [0.2, 0.25) is 0 Å². The molecule has 2 aromatic heterocycles. The van der Waals surface area contributed by atoms with Gasteiger partial charge in [-0.05, 0) is 42.7 Å². The zero-order valence-electron chi connectivity index (χ0n) is 13.1. The molecule has 1 atom stereocenters. The van der Waals surface area contributed by atoms with Crippen LogP contribution < -0.4 is 0 Å². The zero-order chi connectivity index (χ0) is 17.3. The first kappa shape index (κ1) is 17.1. The van der Waals surface area contributed by atoms with E-state index < -0.39 is 16.0 Å². The van der Waals surface area contributed by atoms with Crippen LogP contribution in [0.2, 0.25) is 0 Å². The number of aromatic carboxylic acids is 1. The summed E-state index contributed by atoms with van der Waals surface area (Å²) in [5, 5.41) is 18.1. The van der Waals surface area contributed by atoms with Gasteiger partial charge < -0.3 is 5.11 Å². The maximum atomic E-state index is 12.7. The third-order valence-electron chi connectivity index (χ3n) is 3.99. The van der Waals surface area contributed by atoms with E-state index in [1.165, 1.54) is 26.5 Å². The summed E-state index contributed by atoms with van der Waals surface area (Å²) in [6.07, 6.45) is 3.02. The number of carboxylic acids is 1. The lowest BCUT2D eigenvalue weighted by Crippen LogP contribution is -2.40. The number of sulfonamides is 1. The van der Waals surface area contributed by atoms with Crippen LogP contribution in [0, 0.1) is 12.8 Å². The predicted octanol–water partition coefficient (Wildman–Crippen LogP) is 1.45. The summed E-state index contributed by atoms with van der Waals surface area (Å²) in [6, 6.07) is 1.69. The summed E-state index contributed by atoms with van der Waals surface area (Å²) < 4.78 is 28.8. The minimum absolute atomic E-state index is 0.0814. The molecule has 3 rings (SSSR count). The van der Waals surface area contributed by atoms with Crippen molar-refractivity contribution >= 4 is 27.3 Å². The molecular formula is C14H18N4O4S2. The summed E-state index contributed by atoms with van der Waals surface area (Å²) in [7, 11) is -3.46. The van der Waals surface area contributed by atoms with Crippen LogP contribution in [0.15, 0.2) is 21.9 Å². The quantitative estimate of drug-likeness (QED) is 0.854. The van der Waals surface area contributed by atoms with Crippen molar-refractivity contribution < 1.29 is 18.3 Å². The second kappa shape index (κ2) is 6.61. The lowest BCUT2D eigenvalue weighted by Gasteiger charge is -2.31. The van der Waals surface area contributed by atoms with Crippen LogP contribution in [0.4, 0.5) is 0 Å². The molecule has 0 spiro atoms. The number of hydrogen-bond acceptors (Lipinski definition) is 6. The average Bonchev–Trinajstić information content (AvgIpc) is 3.17. The van der Waals surface area contributed by atoms with Gasteiger partial charge in [-0.25, -0.2) is 13.2 Å². The van der Waals surface area contributed by atoms with Gasteiger partial charge in [-0.2, -0.15) is 4.31 Å². The number of carboxylic acid groups (broad SMARTS) is 1. The number of nitrogens with zero attached hydrogens (tertiary/aromatic N) is 4. The maximum Gasteiger partial charge on any atom is 0.358 e. The van der Waals surface area contributed by atoms with Crippen molar-refractivity contribution in [3.05, 3.63) is 28.9 Å². The fraction of sp³-hybridized carbons (Fsp3) is 0.500. The number of carbonyl (C=O) groups is 1. The molecule has 0 aromatic carbocycles. The van der Waals surface area contributed by atoms with Crippen LogP contribution in [-0.4, -0.2) is 51.9 Å². The van der Waals surface area contributed by atoms with Gasteiger partial charge in [0.25, 0.3) is 10.0 Å². The van der Waals surface area contributed by atoms with Crippen LogP contribution >= 0.6 is 11.3 Å². The molecule has 8 nitrogen and oxygen atoms in total. The smallest absolute Gasteiger partial charge is 0.358 e. The highest BCUT2D eigenvalue weighted by Crippen LogP contribution is 2.28. The van der Waals surface area contributed by atoms with E-state index in [1.54, 1.807) is 6.07 Å². The number of aromatic nitrogens is 3. The normalized spacial score (nSPS) is 19.5. The third-order valence-corrected chi connectivity index (χ3v) is 7.38. The average molecular weight is 370 g/mol. The van der Waals surface area contributed by atoms with Gasteiger partial charge in [0.1, 0.15) is 4.21 Å². The zero-order valence-corrected chi connectivity index (χ0v) is 14.8. The van der Waals surface area contributed by atoms with E-state index in [2.05, 4.69) is 10.3 Å². The molecule has 10 heteroatoms. The molecule has 1 N–H and O–H groups in total. The maximum absolute atomic E-state index is 12.7. The largest absolute Gasteiger partial charge is 0.476 e. The topological polar surface area (TPSA) is 105 Å². The third kappa shape index (κ3) is 3.50. The van der Waals surface area contributed by atoms with Gasteiger partial charge in [-0.1, -0.05) is 5.21 Å². The van der Waals surface area contributed by atoms with Crippen LogP contribution in [0.5, 0.6) is 0 Å². The molecule has 0 amide bonds. The van der Waals surface area contributed by atoms with Crippen molar-refractivity contribution in [3.63, 3.8) is 0 Å². The van der Waals surface area contributed by atoms with Crippen molar-refractivity contribution in [2.24, 2.45) is 5.92 Å². The number of aryl methyl sites for hydroxylation is 1. The van der Waals surface area contributed by atoms with Crippen molar-refractivity contribution in [1.82, 2.24) is 19.3 Å². The van der Waals surface area contributed by atoms with Gasteiger partial charge in [0.05, 0.1) is 6.20 Å². The first-order valence-corrected chi connectivity index (χ1v) is 9.87. The summed E-state index contributed by atoms with van der Waals surface area (Å²) in [5.74, 6) is -1.04. The summed E-state index contributed by atoms with van der Waals surface area (Å²) in [4.78, 5) is 10.8. The van der Waals surface area contributed by atoms with Gasteiger partial charge in [-0.3, -0.25) is 4.68 Å². The standard InChI is InChI=1S/C14H18N4O4S2/c1-10-5-13(23-9-10)24(21,22)18-4-2-3-11(7-18)6-17-8-12(14(19)20)15-16-17/h5,8-9,11H,2-4,6-7H2,1H3,(H,19,20)/t11-/m1/s1. The van der Waals surface area contributed by atoms with E-state index in [0.29, 0.717) is 23.8 Å². The second-order valence-corrected chi connectivity index (χ2v) is 9.02. The highest BCUT2D eigenvalue weighted by Gasteiger charge is 2.31. The Morgan fingerprint density at radius 1 is 1.50 bits per heavy atom. The Kier molecular flexibility index (Phi) is 4.70. The lowest BCUT2D eigenvalue weighted by atomic mass is 10.00. The molecule has 3 heterocycles. The van der Waals surface area contributed by atoms with Gasteiger partial charge >= 0.3 is 5.97 Å². The first-order chi connectivity index (χ1) is 11.4. The Balaban J connectivity index is 1.70. The van der Waals surface area contributed by atoms with E-state index >= 15 is 0 Å². The molecule has 2 aromatic rings. The Hall–Kier alpha value is -1.78. The van der Waals surface area contributed by atoms with Crippen molar-refractivity contribution in [3.8, 4) is 0 Å². The summed E-state index contributed by atoms with van der Waals surface area (Å²) >= 11 is 1.24. The van der Waals surface area contributed by atoms with E-state index in [-0.39, 0.29) is 11.6 Å². The minimum atomic E-state index is -3.46. The van der Waals surface area contributed by atoms with Crippen LogP contribution in [0.25, 0.3) is 0 Å². The molecule has 0 aliphatic carbocycles.